The topological polar surface area (TPSA) is 546 Å². The van der Waals surface area contributed by atoms with E-state index < -0.39 is 154 Å². The molecule has 3 aliphatic heterocycles. The second-order valence-corrected chi connectivity index (χ2v) is 24.5. The van der Waals surface area contributed by atoms with Crippen molar-refractivity contribution in [3.05, 3.63) is 62.4 Å². The number of aliphatic hydroxyl groups excluding tert-OH is 3. The van der Waals surface area contributed by atoms with Crippen LogP contribution in [0.5, 0.6) is 0 Å². The van der Waals surface area contributed by atoms with Crippen molar-refractivity contribution in [1.82, 2.24) is 48.5 Å². The van der Waals surface area contributed by atoms with Crippen molar-refractivity contribution in [3.8, 4) is 0 Å². The van der Waals surface area contributed by atoms with Crippen LogP contribution in [-0.2, 0) is 85.2 Å². The summed E-state index contributed by atoms with van der Waals surface area (Å²) in [5.41, 5.74) is 9.15. The van der Waals surface area contributed by atoms with Crippen molar-refractivity contribution < 1.29 is 118 Å². The minimum absolute atomic E-state index is 0.00740. The molecule has 8 heterocycles. The van der Waals surface area contributed by atoms with Gasteiger partial charge in [0.15, 0.2) is 30.2 Å². The van der Waals surface area contributed by atoms with Crippen LogP contribution < -0.4 is 32.8 Å². The number of imidazole rings is 2. The van der Waals surface area contributed by atoms with Gasteiger partial charge in [0.25, 0.3) is 17.1 Å². The molecule has 0 saturated carbocycles. The molecule has 83 heavy (non-hydrogen) atoms. The van der Waals surface area contributed by atoms with E-state index in [0.29, 0.717) is 0 Å². The van der Waals surface area contributed by atoms with Gasteiger partial charge in [0.2, 0.25) is 17.7 Å². The number of nitrogens with two attached hydrogens (primary N) is 2. The summed E-state index contributed by atoms with van der Waals surface area (Å²) in [6.45, 7) is -3.11. The summed E-state index contributed by atoms with van der Waals surface area (Å²) < 4.78 is 121. The Morgan fingerprint density at radius 3 is 2.04 bits per heavy atom. The number of hydrogen-bond donors (Lipinski definition) is 11. The lowest BCUT2D eigenvalue weighted by molar-refractivity contribution is -0.745. The number of anilines is 2. The molecule has 3 fully saturated rings. The highest BCUT2D eigenvalue weighted by Gasteiger charge is 2.54. The van der Waals surface area contributed by atoms with Crippen LogP contribution in [0.4, 0.5) is 11.8 Å². The zero-order valence-electron chi connectivity index (χ0n) is 43.7. The first-order valence-electron chi connectivity index (χ1n) is 24.2. The molecular weight excluding hydrogens is 1210 g/mol. The highest BCUT2D eigenvalue weighted by molar-refractivity contribution is 7.66. The number of nitrogen functional groups attached to an aromatic ring is 2. The van der Waals surface area contributed by atoms with Crippen LogP contribution in [0.3, 0.4) is 0 Å². The highest BCUT2D eigenvalue weighted by atomic mass is 31.3. The summed E-state index contributed by atoms with van der Waals surface area (Å²) in [4.78, 5) is 116. The number of ether oxygens (including phenoxy) is 6. The van der Waals surface area contributed by atoms with Crippen LogP contribution >= 0.6 is 31.3 Å². The van der Waals surface area contributed by atoms with Gasteiger partial charge < -0.3 is 79.7 Å². The Morgan fingerprint density at radius 2 is 1.40 bits per heavy atom. The number of nitrogens with one attached hydrogen (secondary N) is 2. The van der Waals surface area contributed by atoms with E-state index >= 15 is 0 Å². The second-order valence-electron chi connectivity index (χ2n) is 18.5. The van der Waals surface area contributed by atoms with E-state index in [0.717, 1.165) is 36.6 Å². The molecule has 44 heteroatoms. The zero-order valence-corrected chi connectivity index (χ0v) is 47.3. The third-order valence-corrected chi connectivity index (χ3v) is 18.3. The summed E-state index contributed by atoms with van der Waals surface area (Å²) in [5, 5.41) is 33.1. The van der Waals surface area contributed by atoms with Crippen molar-refractivity contribution in [1.29, 1.82) is 0 Å². The summed E-state index contributed by atoms with van der Waals surface area (Å²) >= 11 is 0. The number of rotatable bonds is 27. The fraction of sp³-hybridized carbons (Fsp3) is 0.615. The number of carbonyl (C=O) groups is 1. The van der Waals surface area contributed by atoms with Crippen molar-refractivity contribution in [2.45, 2.75) is 73.9 Å². The molecule has 8 rings (SSSR count). The smallest absolute Gasteiger partial charge is 0.387 e. The molecule has 13 N–H and O–H groups in total. The molecule has 0 radical (unpaired) electrons. The number of H-pyrrole nitrogens is 2. The van der Waals surface area contributed by atoms with Gasteiger partial charge in [0.1, 0.15) is 54.6 Å². The molecule has 3 aliphatic rings. The normalized spacial score (nSPS) is 28.5. The van der Waals surface area contributed by atoms with Gasteiger partial charge in [-0.1, -0.05) is 4.98 Å². The Balaban J connectivity index is 0.962. The molecule has 40 nitrogen and oxygen atoms in total. The standard InChI is InChI=1S/C39H57N13O27P4/c1-48-17-52(33-25(48)34(58)47-38(41)46-33)35-26(55)18(11-23(54)49(7-9-68-2)8-10-69-3)19(74-35)12-72-81(62,63)78-83(66,67)79-82(64,65)73-14-21-29(30(70-4)37(76-21)51-16-44-24-31(40)42-15-43-32(24)51)77-80(60,61)71-13-20-27(56)28(57)36(75-20)50-6-5-22(53)45-39(50)59/h5-6,15-21,26-30,35-37,55-57H,7-14H2,1-4H3,(H9-,40,41,42,43,45,46,47,53,58,59,60,61,62,63,64,65,66,67)/p+1/t18-,19-,20-,21-,26-,27-,28-,29-,30-,35?,36-,37-/m1/s1. The van der Waals surface area contributed by atoms with Crippen LogP contribution in [0, 0.1) is 5.92 Å². The maximum atomic E-state index is 13.7. The predicted molar refractivity (Wildman–Crippen MR) is 270 cm³/mol. The molecule has 5 unspecified atom stereocenters. The Morgan fingerprint density at radius 1 is 0.771 bits per heavy atom. The number of nitrogens with zero attached hydrogens (tertiary/aromatic N) is 9. The van der Waals surface area contributed by atoms with E-state index in [1.54, 1.807) is 0 Å². The number of methoxy groups -OCH3 is 3. The number of aromatic amines is 2. The van der Waals surface area contributed by atoms with Gasteiger partial charge in [-0.25, -0.2) is 42.6 Å². The van der Waals surface area contributed by atoms with Gasteiger partial charge in [0.05, 0.1) is 52.5 Å². The largest absolute Gasteiger partial charge is 0.490 e. The first-order valence-corrected chi connectivity index (χ1v) is 30.2. The van der Waals surface area contributed by atoms with E-state index in [1.165, 1.54) is 46.2 Å². The van der Waals surface area contributed by atoms with Crippen molar-refractivity contribution in [2.75, 3.05) is 78.9 Å². The fourth-order valence-corrected chi connectivity index (χ4v) is 13.7. The first-order chi connectivity index (χ1) is 39.1. The quantitative estimate of drug-likeness (QED) is 0.0176. The lowest BCUT2D eigenvalue weighted by Gasteiger charge is -2.26. The van der Waals surface area contributed by atoms with Crippen LogP contribution in [0.15, 0.2) is 45.6 Å². The van der Waals surface area contributed by atoms with Crippen molar-refractivity contribution in [2.24, 2.45) is 13.0 Å². The predicted octanol–water partition coefficient (Wildman–Crippen LogP) is -4.11. The Kier molecular flexibility index (Phi) is 19.8. The summed E-state index contributed by atoms with van der Waals surface area (Å²) in [5.74, 6) is -2.33. The van der Waals surface area contributed by atoms with Crippen LogP contribution in [0.1, 0.15) is 25.1 Å². The maximum Gasteiger partial charge on any atom is 0.490 e. The number of hydrogen-bond acceptors (Lipinski definition) is 29. The molecular formula is C39H58N13O27P4+. The van der Waals surface area contributed by atoms with E-state index in [1.807, 2.05) is 4.98 Å². The summed E-state index contributed by atoms with van der Waals surface area (Å²) in [7, 11) is -18.4. The average molecular weight is 1260 g/mol. The fourth-order valence-electron chi connectivity index (χ4n) is 9.22. The van der Waals surface area contributed by atoms with Crippen LogP contribution in [0.25, 0.3) is 22.3 Å². The number of aliphatic hydroxyl groups is 3. The van der Waals surface area contributed by atoms with E-state index in [-0.39, 0.29) is 60.4 Å². The number of aromatic nitrogens is 10. The van der Waals surface area contributed by atoms with E-state index in [2.05, 4.69) is 33.5 Å². The molecule has 1 amide bonds. The number of aryl methyl sites for hydroxylation is 1. The number of phosphoric acid groups is 4. The number of amides is 1. The van der Waals surface area contributed by atoms with Gasteiger partial charge in [-0.15, -0.1) is 0 Å². The molecule has 0 aromatic carbocycles. The van der Waals surface area contributed by atoms with Gasteiger partial charge in [-0.05, 0) is 0 Å². The van der Waals surface area contributed by atoms with Crippen molar-refractivity contribution in [3.63, 3.8) is 0 Å². The van der Waals surface area contributed by atoms with Crippen molar-refractivity contribution >= 4 is 71.3 Å². The SMILES string of the molecule is COCCN(CCOC)C(=O)C[C@@H]1[C@@H](COP(=O)(O)OP(=O)(O)OP(=O)(O)OC[C@H]2O[C@@H](n3cnc4c(N)ncnc43)[C@H](OC)[C@@H]2OP(=O)(O)OC[C@H]2O[C@@H](n3ccc(=O)[nH]c3=O)[C@H](O)[C@@H]2O)OC([n+]2cn(C)c3c(=O)[nH]c(N)nc32)[C@@H]1O. The molecule has 460 valence electrons. The lowest BCUT2D eigenvalue weighted by atomic mass is 9.93. The third-order valence-electron chi connectivity index (χ3n) is 13.0. The molecule has 3 saturated heterocycles. The maximum absolute atomic E-state index is 13.7. The Labute approximate surface area is 464 Å². The van der Waals surface area contributed by atoms with Gasteiger partial charge >= 0.3 is 42.6 Å². The molecule has 16 atom stereocenters. The zero-order chi connectivity index (χ0) is 60.5. The van der Waals surface area contributed by atoms with Crippen LogP contribution in [-0.4, -0.2) is 206 Å². The Bertz CT molecular complexity index is 3520. The number of phosphoric ester groups is 3. The highest BCUT2D eigenvalue weighted by Crippen LogP contribution is 2.68. The molecule has 5 aromatic heterocycles. The molecule has 5 aromatic rings. The van der Waals surface area contributed by atoms with E-state index in [4.69, 9.17) is 58.0 Å². The molecule has 0 aliphatic carbocycles. The first kappa shape index (κ1) is 63.8. The molecule has 0 spiro atoms. The van der Waals surface area contributed by atoms with E-state index in [9.17, 15) is 72.3 Å². The lowest BCUT2D eigenvalue weighted by Crippen LogP contribution is -2.46. The Hall–Kier alpha value is -5.19. The summed E-state index contributed by atoms with van der Waals surface area (Å²) in [6.07, 6.45) is -14.7. The molecule has 0 bridgehead atoms. The van der Waals surface area contributed by atoms with Gasteiger partial charge in [-0.2, -0.15) is 8.62 Å². The van der Waals surface area contributed by atoms with Gasteiger partial charge in [-0.3, -0.25) is 56.1 Å². The van der Waals surface area contributed by atoms with Crippen LogP contribution in [0.2, 0.25) is 0 Å². The monoisotopic (exact) mass is 1260 g/mol. The second kappa shape index (κ2) is 25.8. The average Bonchev–Trinajstić information content (AvgIpc) is 2.35. The number of carbonyl (C=O) groups excluding carboxylic acids is 1. The number of fused-ring (bicyclic) bond motifs is 2. The minimum Gasteiger partial charge on any atom is -0.387 e. The minimum atomic E-state index is -6.28. The third kappa shape index (κ3) is 14.6. The summed E-state index contributed by atoms with van der Waals surface area (Å²) in [6, 6.07) is 0.920. The van der Waals surface area contributed by atoms with Gasteiger partial charge in [0, 0.05) is 59.0 Å².